The van der Waals surface area contributed by atoms with E-state index in [0.717, 1.165) is 0 Å². The predicted molar refractivity (Wildman–Crippen MR) is 51.7 cm³/mol. The maximum atomic E-state index is 11.2. The number of nitrogens with zero attached hydrogens (tertiary/aromatic N) is 1. The van der Waals surface area contributed by atoms with Gasteiger partial charge in [0.25, 0.3) is 0 Å². The minimum absolute atomic E-state index is 0.0823. The normalized spacial score (nSPS) is 21.2. The van der Waals surface area contributed by atoms with E-state index in [4.69, 9.17) is 9.84 Å². The van der Waals surface area contributed by atoms with Crippen LogP contribution in [0, 0.1) is 0 Å². The number of aliphatic hydroxyl groups is 1. The number of aliphatic hydroxyl groups excluding tert-OH is 1. The van der Waals surface area contributed by atoms with Crippen LogP contribution in [0.1, 0.15) is 0 Å². The fourth-order valence-electron chi connectivity index (χ4n) is 0.919. The summed E-state index contributed by atoms with van der Waals surface area (Å²) in [5.74, 6) is 0.0823. The summed E-state index contributed by atoms with van der Waals surface area (Å²) in [6.07, 6.45) is 2.31. The molecule has 1 unspecified atom stereocenters. The van der Waals surface area contributed by atoms with Crippen LogP contribution >= 0.6 is 12.6 Å². The molecule has 0 aromatic heterocycles. The van der Waals surface area contributed by atoms with Crippen LogP contribution in [0.3, 0.4) is 0 Å². The second kappa shape index (κ2) is 4.23. The number of carbonyl (C=O) groups is 1. The van der Waals surface area contributed by atoms with E-state index in [1.54, 1.807) is 0 Å². The number of ether oxygens (including phenoxy) is 1. The summed E-state index contributed by atoms with van der Waals surface area (Å²) in [6.45, 7) is 3.92. The van der Waals surface area contributed by atoms with Crippen molar-refractivity contribution >= 4 is 18.7 Å². The van der Waals surface area contributed by atoms with Gasteiger partial charge in [-0.2, -0.15) is 12.6 Å². The van der Waals surface area contributed by atoms with Crippen LogP contribution in [0.4, 0.5) is 4.79 Å². The molecule has 0 saturated carbocycles. The number of amides is 1. The molecule has 1 aliphatic rings. The third-order valence-electron chi connectivity index (χ3n) is 1.56. The molecule has 1 heterocycles. The topological polar surface area (TPSA) is 49.8 Å². The summed E-state index contributed by atoms with van der Waals surface area (Å²) in [5, 5.41) is 8.85. The van der Waals surface area contributed by atoms with E-state index in [2.05, 4.69) is 19.2 Å². The highest BCUT2D eigenvalue weighted by atomic mass is 32.1. The van der Waals surface area contributed by atoms with Gasteiger partial charge in [-0.25, -0.2) is 4.79 Å². The van der Waals surface area contributed by atoms with Crippen molar-refractivity contribution in [3.8, 4) is 0 Å². The van der Waals surface area contributed by atoms with Gasteiger partial charge >= 0.3 is 6.09 Å². The Hall–Kier alpha value is -1.10. The van der Waals surface area contributed by atoms with Crippen LogP contribution in [0.25, 0.3) is 0 Å². The van der Waals surface area contributed by atoms with Crippen molar-refractivity contribution in [3.05, 3.63) is 24.6 Å². The first-order chi connectivity index (χ1) is 6.15. The molecule has 0 saturated heterocycles. The van der Waals surface area contributed by atoms with E-state index in [0.29, 0.717) is 6.54 Å². The quantitative estimate of drug-likeness (QED) is 0.523. The zero-order valence-corrected chi connectivity index (χ0v) is 7.91. The SMILES string of the molecule is C=CCOC(=O)N1C=C(O)C(S)C1. The highest BCUT2D eigenvalue weighted by Crippen LogP contribution is 2.17. The van der Waals surface area contributed by atoms with E-state index in [1.165, 1.54) is 17.2 Å². The zero-order chi connectivity index (χ0) is 9.84. The number of hydrogen-bond acceptors (Lipinski definition) is 4. The summed E-state index contributed by atoms with van der Waals surface area (Å²) in [4.78, 5) is 12.4. The first-order valence-electron chi connectivity index (χ1n) is 3.78. The van der Waals surface area contributed by atoms with Gasteiger partial charge in [-0.05, 0) is 0 Å². The first-order valence-corrected chi connectivity index (χ1v) is 4.30. The molecule has 0 aromatic rings. The second-order valence-corrected chi connectivity index (χ2v) is 3.21. The highest BCUT2D eigenvalue weighted by Gasteiger charge is 2.25. The number of hydrogen-bond donors (Lipinski definition) is 2. The molecule has 1 aliphatic heterocycles. The van der Waals surface area contributed by atoms with Crippen molar-refractivity contribution in [1.29, 1.82) is 0 Å². The molecule has 5 heteroatoms. The molecule has 0 fully saturated rings. The molecule has 4 nitrogen and oxygen atoms in total. The Labute approximate surface area is 81.9 Å². The van der Waals surface area contributed by atoms with E-state index >= 15 is 0 Å². The number of thiol groups is 1. The fraction of sp³-hybridized carbons (Fsp3) is 0.375. The number of rotatable bonds is 2. The molecular weight excluding hydrogens is 190 g/mol. The Bertz CT molecular complexity index is 252. The molecule has 1 amide bonds. The lowest BCUT2D eigenvalue weighted by atomic mass is 10.4. The summed E-state index contributed by atoms with van der Waals surface area (Å²) in [7, 11) is 0. The second-order valence-electron chi connectivity index (χ2n) is 2.59. The van der Waals surface area contributed by atoms with Gasteiger partial charge in [-0.1, -0.05) is 12.7 Å². The molecule has 0 radical (unpaired) electrons. The van der Waals surface area contributed by atoms with E-state index in [9.17, 15) is 4.79 Å². The van der Waals surface area contributed by atoms with Crippen LogP contribution in [0.5, 0.6) is 0 Å². The lowest BCUT2D eigenvalue weighted by Crippen LogP contribution is -2.27. The van der Waals surface area contributed by atoms with Gasteiger partial charge in [-0.15, -0.1) is 0 Å². The molecule has 1 N–H and O–H groups in total. The predicted octanol–water partition coefficient (Wildman–Crippen LogP) is 1.32. The van der Waals surface area contributed by atoms with Crippen molar-refractivity contribution in [2.45, 2.75) is 5.25 Å². The summed E-state index contributed by atoms with van der Waals surface area (Å²) in [5.41, 5.74) is 0. The highest BCUT2D eigenvalue weighted by molar-refractivity contribution is 7.81. The number of carbonyl (C=O) groups excluding carboxylic acids is 1. The summed E-state index contributed by atoms with van der Waals surface area (Å²) < 4.78 is 4.75. The molecule has 0 bridgehead atoms. The van der Waals surface area contributed by atoms with Crippen molar-refractivity contribution < 1.29 is 14.6 Å². The van der Waals surface area contributed by atoms with Gasteiger partial charge in [0.15, 0.2) is 0 Å². The van der Waals surface area contributed by atoms with Crippen LogP contribution in [-0.4, -0.2) is 34.5 Å². The van der Waals surface area contributed by atoms with Gasteiger partial charge in [0, 0.05) is 12.7 Å². The van der Waals surface area contributed by atoms with Crippen molar-refractivity contribution in [2.24, 2.45) is 0 Å². The van der Waals surface area contributed by atoms with E-state index < -0.39 is 6.09 Å². The maximum absolute atomic E-state index is 11.2. The maximum Gasteiger partial charge on any atom is 0.414 e. The third kappa shape index (κ3) is 2.42. The van der Waals surface area contributed by atoms with Crippen LogP contribution in [0.15, 0.2) is 24.6 Å². The summed E-state index contributed by atoms with van der Waals surface area (Å²) in [6, 6.07) is 0. The standard InChI is InChI=1S/C8H11NO3S/c1-2-3-12-8(11)9-4-6(10)7(13)5-9/h2,4,7,10,13H,1,3,5H2. The van der Waals surface area contributed by atoms with Crippen LogP contribution in [0.2, 0.25) is 0 Å². The van der Waals surface area contributed by atoms with Crippen LogP contribution in [-0.2, 0) is 4.74 Å². The first kappa shape index (κ1) is 9.98. The molecule has 72 valence electrons. The Morgan fingerprint density at radius 3 is 3.15 bits per heavy atom. The van der Waals surface area contributed by atoms with Gasteiger partial charge in [0.1, 0.15) is 12.4 Å². The monoisotopic (exact) mass is 201 g/mol. The van der Waals surface area contributed by atoms with Crippen LogP contribution < -0.4 is 0 Å². The minimum atomic E-state index is -0.497. The third-order valence-corrected chi connectivity index (χ3v) is 1.99. The van der Waals surface area contributed by atoms with Gasteiger partial charge in [-0.3, -0.25) is 4.90 Å². The molecule has 0 spiro atoms. The molecule has 1 atom stereocenters. The lowest BCUT2D eigenvalue weighted by Gasteiger charge is -2.12. The van der Waals surface area contributed by atoms with Crippen molar-refractivity contribution in [1.82, 2.24) is 4.90 Å². The molecular formula is C8H11NO3S. The average molecular weight is 201 g/mol. The average Bonchev–Trinajstić information content (AvgIpc) is 2.43. The Morgan fingerprint density at radius 2 is 2.69 bits per heavy atom. The van der Waals surface area contributed by atoms with Crippen molar-refractivity contribution in [3.63, 3.8) is 0 Å². The lowest BCUT2D eigenvalue weighted by molar-refractivity contribution is 0.131. The zero-order valence-electron chi connectivity index (χ0n) is 7.01. The van der Waals surface area contributed by atoms with E-state index in [-0.39, 0.29) is 17.6 Å². The Balaban J connectivity index is 2.46. The Morgan fingerprint density at radius 1 is 2.00 bits per heavy atom. The molecule has 1 rings (SSSR count). The fourth-order valence-corrected chi connectivity index (χ4v) is 1.16. The molecule has 13 heavy (non-hydrogen) atoms. The van der Waals surface area contributed by atoms with E-state index in [1.807, 2.05) is 0 Å². The van der Waals surface area contributed by atoms with Gasteiger partial charge in [0.05, 0.1) is 5.25 Å². The Kier molecular flexibility index (Phi) is 3.25. The van der Waals surface area contributed by atoms with Gasteiger partial charge < -0.3 is 9.84 Å². The van der Waals surface area contributed by atoms with Crippen molar-refractivity contribution in [2.75, 3.05) is 13.2 Å². The summed E-state index contributed by atoms with van der Waals surface area (Å²) >= 11 is 4.04. The minimum Gasteiger partial charge on any atom is -0.510 e. The smallest absolute Gasteiger partial charge is 0.414 e. The van der Waals surface area contributed by atoms with Gasteiger partial charge in [0.2, 0.25) is 0 Å². The largest absolute Gasteiger partial charge is 0.510 e. The molecule has 0 aromatic carbocycles. The molecule has 0 aliphatic carbocycles.